The van der Waals surface area contributed by atoms with Crippen LogP contribution in [0.5, 0.6) is 0 Å². The van der Waals surface area contributed by atoms with Crippen molar-refractivity contribution in [2.24, 2.45) is 0 Å². The molecule has 5 aromatic carbocycles. The largest absolute Gasteiger partial charge is 0.160 e. The summed E-state index contributed by atoms with van der Waals surface area (Å²) in [6.07, 6.45) is 38.3. The highest BCUT2D eigenvalue weighted by Crippen LogP contribution is 2.49. The van der Waals surface area contributed by atoms with Crippen molar-refractivity contribution in [3.8, 4) is 11.1 Å². The molecule has 0 saturated carbocycles. The van der Waals surface area contributed by atoms with E-state index >= 15 is 0 Å². The van der Waals surface area contributed by atoms with E-state index in [1.807, 2.05) is 0 Å². The normalized spacial score (nSPS) is 12.5. The molecule has 0 aliphatic heterocycles. The average molecular weight is 930 g/mol. The zero-order valence-corrected chi connectivity index (χ0v) is 45.6. The molecule has 0 unspecified atom stereocenters. The highest BCUT2D eigenvalue weighted by molar-refractivity contribution is 7.12. The molecule has 0 nitrogen and oxygen atoms in total. The first kappa shape index (κ1) is 53.7. The third kappa shape index (κ3) is 14.7. The Morgan fingerprint density at radius 1 is 0.279 bits per heavy atom. The van der Waals surface area contributed by atoms with E-state index in [1.165, 1.54) is 204 Å². The van der Waals surface area contributed by atoms with E-state index in [-0.39, 0.29) is 5.54 Å². The first-order valence-corrected chi connectivity index (χ1v) is 31.2. The van der Waals surface area contributed by atoms with Gasteiger partial charge in [-0.3, -0.25) is 0 Å². The summed E-state index contributed by atoms with van der Waals surface area (Å²) in [4.78, 5) is 0. The second-order valence-electron chi connectivity index (χ2n) is 21.4. The number of unbranched alkanes of at least 4 members (excludes halogenated alkanes) is 18. The fourth-order valence-corrected chi connectivity index (χ4v) is 17.9. The molecule has 0 atom stereocenters. The molecule has 0 N–H and O–H groups in total. The van der Waals surface area contributed by atoms with Crippen molar-refractivity contribution in [2.45, 2.75) is 240 Å². The maximum Gasteiger partial charge on any atom is 0.160 e. The summed E-state index contributed by atoms with van der Waals surface area (Å²) in [5, 5.41) is 5.02. The lowest BCUT2D eigenvalue weighted by Gasteiger charge is -2.42. The van der Waals surface area contributed by atoms with Crippen molar-refractivity contribution in [2.75, 3.05) is 0 Å². The average Bonchev–Trinajstić information content (AvgIpc) is 3.69. The maximum atomic E-state index is 2.82. The minimum absolute atomic E-state index is 0.268. The van der Waals surface area contributed by atoms with Gasteiger partial charge in [-0.25, -0.2) is 0 Å². The summed E-state index contributed by atoms with van der Waals surface area (Å²) >= 11 is 0. The van der Waals surface area contributed by atoms with Crippen LogP contribution in [-0.2, 0) is 38.5 Å². The number of aryl methyl sites for hydroxylation is 6. The molecule has 0 amide bonds. The Kier molecular flexibility index (Phi) is 23.3. The van der Waals surface area contributed by atoms with Crippen molar-refractivity contribution in [1.29, 1.82) is 0 Å². The van der Waals surface area contributed by atoms with Crippen LogP contribution in [0.3, 0.4) is 0 Å². The SMILES string of the molecule is CCCCCCc1cc(CCCCCC)cc([Si](c2cc(CCCCCC)cc(CCCCCC)c2)(c2cc(CCCCCC)cc(CCCCCC)c2)C2c3ccccc3-c3ccccc32)c1. The van der Waals surface area contributed by atoms with Crippen LogP contribution in [0, 0.1) is 0 Å². The molecule has 1 aliphatic carbocycles. The van der Waals surface area contributed by atoms with Gasteiger partial charge in [0.2, 0.25) is 0 Å². The van der Waals surface area contributed by atoms with Crippen molar-refractivity contribution in [3.05, 3.63) is 148 Å². The Hall–Kier alpha value is -3.68. The molecular formula is C67H96Si. The maximum absolute atomic E-state index is 3.01. The minimum Gasteiger partial charge on any atom is -0.0654 e. The molecule has 0 heterocycles. The van der Waals surface area contributed by atoms with Crippen LogP contribution in [0.4, 0.5) is 0 Å². The molecular weight excluding hydrogens is 833 g/mol. The summed E-state index contributed by atoms with van der Waals surface area (Å²) in [5.74, 6) is 0. The first-order valence-electron chi connectivity index (χ1n) is 29.1. The van der Waals surface area contributed by atoms with Crippen molar-refractivity contribution in [3.63, 3.8) is 0 Å². The molecule has 1 heteroatoms. The molecule has 368 valence electrons. The Labute approximate surface area is 420 Å². The highest BCUT2D eigenvalue weighted by atomic mass is 28.3. The van der Waals surface area contributed by atoms with Crippen LogP contribution in [0.2, 0.25) is 0 Å². The van der Waals surface area contributed by atoms with Gasteiger partial charge in [0.1, 0.15) is 0 Å². The Morgan fingerprint density at radius 2 is 0.515 bits per heavy atom. The highest BCUT2D eigenvalue weighted by Gasteiger charge is 2.52. The van der Waals surface area contributed by atoms with Crippen LogP contribution in [0.1, 0.15) is 246 Å². The van der Waals surface area contributed by atoms with E-state index < -0.39 is 8.07 Å². The van der Waals surface area contributed by atoms with Crippen LogP contribution in [-0.4, -0.2) is 8.07 Å². The summed E-state index contributed by atoms with van der Waals surface area (Å²) in [5.41, 5.74) is 15.9. The molecule has 5 aromatic rings. The molecule has 0 spiro atoms. The van der Waals surface area contributed by atoms with Gasteiger partial charge in [0, 0.05) is 5.54 Å². The predicted octanol–water partition coefficient (Wildman–Crippen LogP) is 18.2. The lowest BCUT2D eigenvalue weighted by molar-refractivity contribution is 0.661. The second kappa shape index (κ2) is 29.5. The van der Waals surface area contributed by atoms with Gasteiger partial charge in [-0.15, -0.1) is 0 Å². The van der Waals surface area contributed by atoms with E-state index in [0.717, 1.165) is 0 Å². The number of rotatable bonds is 34. The fraction of sp³-hybridized carbons (Fsp3) is 0.552. The van der Waals surface area contributed by atoms with Gasteiger partial charge in [0.25, 0.3) is 0 Å². The van der Waals surface area contributed by atoms with Gasteiger partial charge in [0.15, 0.2) is 8.07 Å². The Balaban J connectivity index is 1.74. The summed E-state index contributed by atoms with van der Waals surface area (Å²) in [6.45, 7) is 14.2. The van der Waals surface area contributed by atoms with Crippen molar-refractivity contribution < 1.29 is 0 Å². The van der Waals surface area contributed by atoms with Crippen LogP contribution < -0.4 is 15.6 Å². The van der Waals surface area contributed by atoms with Crippen molar-refractivity contribution >= 4 is 23.6 Å². The summed E-state index contributed by atoms with van der Waals surface area (Å²) in [7, 11) is -3.01. The van der Waals surface area contributed by atoms with Gasteiger partial charge in [-0.1, -0.05) is 260 Å². The standard InChI is InChI=1S/C67H96Si/c1-7-13-19-25-35-54-45-55(36-26-20-14-8-2)49-60(48-54)68(67-65-43-33-31-41-63(65)64-42-32-34-44-66(64)67,61-50-56(37-27-21-15-9-3)46-57(51-61)38-28-22-16-10-4)62-52-58(39-29-23-17-11-5)47-59(53-62)40-30-24-18-12-6/h31-34,41-53,67H,7-30,35-40H2,1-6H3. The first-order chi connectivity index (χ1) is 33.5. The molecule has 0 radical (unpaired) electrons. The Morgan fingerprint density at radius 3 is 0.750 bits per heavy atom. The zero-order valence-electron chi connectivity index (χ0n) is 44.6. The van der Waals surface area contributed by atoms with E-state index in [0.29, 0.717) is 0 Å². The predicted molar refractivity (Wildman–Crippen MR) is 305 cm³/mol. The van der Waals surface area contributed by atoms with Crippen LogP contribution in [0.25, 0.3) is 11.1 Å². The molecule has 0 aromatic heterocycles. The number of benzene rings is 5. The second-order valence-corrected chi connectivity index (χ2v) is 25.3. The number of fused-ring (bicyclic) bond motifs is 3. The minimum atomic E-state index is -3.01. The Bertz CT molecular complexity index is 1900. The van der Waals surface area contributed by atoms with Gasteiger partial charge in [-0.2, -0.15) is 0 Å². The van der Waals surface area contributed by atoms with E-state index in [2.05, 4.69) is 145 Å². The monoisotopic (exact) mass is 929 g/mol. The van der Waals surface area contributed by atoms with Gasteiger partial charge >= 0.3 is 0 Å². The number of hydrogen-bond acceptors (Lipinski definition) is 0. The van der Waals surface area contributed by atoms with E-state index in [4.69, 9.17) is 0 Å². The lowest BCUT2D eigenvalue weighted by Crippen LogP contribution is -2.71. The molecule has 68 heavy (non-hydrogen) atoms. The third-order valence-corrected chi connectivity index (χ3v) is 20.8. The van der Waals surface area contributed by atoms with Crippen LogP contribution >= 0.6 is 0 Å². The molecule has 0 bridgehead atoms. The molecule has 0 fully saturated rings. The molecule has 6 rings (SSSR count). The van der Waals surface area contributed by atoms with Gasteiger partial charge in [-0.05, 0) is 148 Å². The summed E-state index contributed by atoms with van der Waals surface area (Å²) < 4.78 is 0. The van der Waals surface area contributed by atoms with E-state index in [1.54, 1.807) is 60.1 Å². The fourth-order valence-electron chi connectivity index (χ4n) is 12.0. The summed E-state index contributed by atoms with van der Waals surface area (Å²) in [6, 6.07) is 44.3. The third-order valence-electron chi connectivity index (χ3n) is 15.7. The van der Waals surface area contributed by atoms with Crippen LogP contribution in [0.15, 0.2) is 103 Å². The number of hydrogen-bond donors (Lipinski definition) is 0. The van der Waals surface area contributed by atoms with Gasteiger partial charge in [0.05, 0.1) is 0 Å². The lowest BCUT2D eigenvalue weighted by atomic mass is 10.00. The van der Waals surface area contributed by atoms with Gasteiger partial charge < -0.3 is 0 Å². The van der Waals surface area contributed by atoms with E-state index in [9.17, 15) is 0 Å². The zero-order chi connectivity index (χ0) is 47.8. The smallest absolute Gasteiger partial charge is 0.0654 e. The topological polar surface area (TPSA) is 0 Å². The molecule has 1 aliphatic rings. The molecule has 0 saturated heterocycles. The quantitative estimate of drug-likeness (QED) is 0.0219. The van der Waals surface area contributed by atoms with Crippen molar-refractivity contribution in [1.82, 2.24) is 0 Å².